The van der Waals surface area contributed by atoms with Crippen LogP contribution in [0, 0.1) is 32.1 Å². The lowest BCUT2D eigenvalue weighted by Gasteiger charge is -2.40. The average Bonchev–Trinajstić information content (AvgIpc) is 3.38. The molecule has 2 heterocycles. The van der Waals surface area contributed by atoms with Gasteiger partial charge in [-0.15, -0.1) is 0 Å². The molecular formula is C54H44N4O10. The summed E-state index contributed by atoms with van der Waals surface area (Å²) in [5.41, 5.74) is 5.82. The van der Waals surface area contributed by atoms with E-state index in [-0.39, 0.29) is 23.2 Å². The minimum absolute atomic E-state index is 0.0439. The third-order valence-corrected chi connectivity index (χ3v) is 11.4. The number of methoxy groups -OCH3 is 2. The second kappa shape index (κ2) is 21.8. The molecule has 0 radical (unpaired) electrons. The van der Waals surface area contributed by atoms with Gasteiger partial charge in [-0.3, -0.25) is 29.8 Å². The van der Waals surface area contributed by atoms with Crippen molar-refractivity contribution in [2.75, 3.05) is 24.0 Å². The Kier molecular flexibility index (Phi) is 15.0. The Labute approximate surface area is 391 Å². The molecule has 8 rings (SSSR count). The third-order valence-electron chi connectivity index (χ3n) is 11.4. The zero-order chi connectivity index (χ0) is 48.2. The van der Waals surface area contributed by atoms with E-state index in [1.165, 1.54) is 50.6 Å². The monoisotopic (exact) mass is 908 g/mol. The second-order valence-corrected chi connectivity index (χ2v) is 15.4. The van der Waals surface area contributed by atoms with Crippen LogP contribution < -0.4 is 9.80 Å². The zero-order valence-corrected chi connectivity index (χ0v) is 36.8. The first-order chi connectivity index (χ1) is 33.0. The molecule has 0 unspecified atom stereocenters. The summed E-state index contributed by atoms with van der Waals surface area (Å²) < 4.78 is 9.59. The Morgan fingerprint density at radius 2 is 0.794 bits per heavy atom. The molecule has 6 aromatic carbocycles. The van der Waals surface area contributed by atoms with Crippen molar-refractivity contribution in [1.29, 1.82) is 0 Å². The molecule has 2 aliphatic heterocycles. The fourth-order valence-electron chi connectivity index (χ4n) is 8.32. The van der Waals surface area contributed by atoms with Crippen LogP contribution in [0.1, 0.15) is 34.3 Å². The van der Waals surface area contributed by atoms with E-state index in [4.69, 9.17) is 9.47 Å². The van der Waals surface area contributed by atoms with Gasteiger partial charge in [-0.2, -0.15) is 0 Å². The lowest BCUT2D eigenvalue weighted by Crippen LogP contribution is -2.41. The molecule has 14 heteroatoms. The van der Waals surface area contributed by atoms with Gasteiger partial charge in [-0.1, -0.05) is 133 Å². The molecule has 0 aromatic heterocycles. The van der Waals surface area contributed by atoms with Gasteiger partial charge in [0, 0.05) is 71.8 Å². The van der Waals surface area contributed by atoms with Crippen molar-refractivity contribution >= 4 is 57.6 Å². The van der Waals surface area contributed by atoms with Crippen LogP contribution in [-0.2, 0) is 28.7 Å². The highest BCUT2D eigenvalue weighted by Crippen LogP contribution is 2.46. The first-order valence-electron chi connectivity index (χ1n) is 21.3. The van der Waals surface area contributed by atoms with Crippen molar-refractivity contribution in [1.82, 2.24) is 0 Å². The number of hydrogen-bond donors (Lipinski definition) is 0. The van der Waals surface area contributed by atoms with Gasteiger partial charge >= 0.3 is 11.9 Å². The normalized spacial score (nSPS) is 18.0. The minimum atomic E-state index is -0.559. The molecule has 0 saturated carbocycles. The Bertz CT molecular complexity index is 2700. The Morgan fingerprint density at radius 1 is 0.485 bits per heavy atom. The summed E-state index contributed by atoms with van der Waals surface area (Å²) in [6.07, 6.45) is 9.29. The highest BCUT2D eigenvalue weighted by atomic mass is 16.6. The Morgan fingerprint density at radius 3 is 1.09 bits per heavy atom. The first-order valence-corrected chi connectivity index (χ1v) is 21.3. The van der Waals surface area contributed by atoms with Gasteiger partial charge in [0.2, 0.25) is 0 Å². The SMILES string of the molecule is COC(=O)/C=C\[C@@H]1C(c2ccccc2)=CC(=O)N(c2ccccc2)[C@H]1c1ccc([N+](=O)[O-])cc1.COC(=O)/C=C\[C@H]1C(c2ccccc2)=CC(=O)N(c2ccccc2)[C@@H]1c1ccc([N+](=O)[O-])cc1. The van der Waals surface area contributed by atoms with E-state index in [0.717, 1.165) is 22.3 Å². The zero-order valence-electron chi connectivity index (χ0n) is 36.8. The van der Waals surface area contributed by atoms with Gasteiger partial charge in [0.25, 0.3) is 23.2 Å². The summed E-state index contributed by atoms with van der Waals surface area (Å²) in [5, 5.41) is 22.4. The van der Waals surface area contributed by atoms with Crippen molar-refractivity contribution in [3.8, 4) is 0 Å². The molecule has 0 saturated heterocycles. The maximum absolute atomic E-state index is 13.5. The molecular weight excluding hydrogens is 865 g/mol. The molecule has 2 aliphatic rings. The van der Waals surface area contributed by atoms with Gasteiger partial charge in [0.15, 0.2) is 0 Å². The van der Waals surface area contributed by atoms with Crippen molar-refractivity contribution < 1.29 is 38.5 Å². The van der Waals surface area contributed by atoms with Crippen LogP contribution in [0.3, 0.4) is 0 Å². The minimum Gasteiger partial charge on any atom is -0.466 e. The lowest BCUT2D eigenvalue weighted by atomic mass is 9.79. The van der Waals surface area contributed by atoms with Crippen molar-refractivity contribution in [2.24, 2.45) is 11.8 Å². The fraction of sp³-hybridized carbons (Fsp3) is 0.111. The number of carbonyl (C=O) groups is 4. The predicted molar refractivity (Wildman–Crippen MR) is 258 cm³/mol. The van der Waals surface area contributed by atoms with Gasteiger partial charge in [-0.25, -0.2) is 9.59 Å². The number of para-hydroxylation sites is 2. The number of amides is 2. The quantitative estimate of drug-likeness (QED) is 0.0496. The number of esters is 2. The number of hydrogen-bond acceptors (Lipinski definition) is 10. The van der Waals surface area contributed by atoms with E-state index in [9.17, 15) is 39.4 Å². The van der Waals surface area contributed by atoms with E-state index < -0.39 is 45.7 Å². The molecule has 0 N–H and O–H groups in total. The number of rotatable bonds is 12. The van der Waals surface area contributed by atoms with E-state index in [1.54, 1.807) is 58.4 Å². The molecule has 2 amide bonds. The number of benzene rings is 6. The highest BCUT2D eigenvalue weighted by molar-refractivity contribution is 6.10. The molecule has 14 nitrogen and oxygen atoms in total. The standard InChI is InChI=1S/2C27H22N2O5/c2*1-34-26(31)17-16-23-24(19-8-4-2-5-9-19)18-25(30)28(21-10-6-3-7-11-21)27(23)20-12-14-22(15-13-20)29(32)33/h2*2-18,23,27H,1H3/b2*17-16-/t2*23-,27+/m10/s1. The van der Waals surface area contributed by atoms with Crippen LogP contribution in [0.5, 0.6) is 0 Å². The largest absolute Gasteiger partial charge is 0.466 e. The van der Waals surface area contributed by atoms with Gasteiger partial charge in [0.05, 0.1) is 36.1 Å². The summed E-state index contributed by atoms with van der Waals surface area (Å²) in [4.78, 5) is 75.8. The molecule has 0 aliphatic carbocycles. The summed E-state index contributed by atoms with van der Waals surface area (Å²) >= 11 is 0. The van der Waals surface area contributed by atoms with E-state index in [2.05, 4.69) is 0 Å². The van der Waals surface area contributed by atoms with Crippen LogP contribution in [0.4, 0.5) is 22.7 Å². The Balaban J connectivity index is 0.000000201. The van der Waals surface area contributed by atoms with Gasteiger partial charge < -0.3 is 19.3 Å². The summed E-state index contributed by atoms with van der Waals surface area (Å²) in [6.45, 7) is 0. The van der Waals surface area contributed by atoms with E-state index in [0.29, 0.717) is 22.5 Å². The molecule has 340 valence electrons. The van der Waals surface area contributed by atoms with Crippen LogP contribution in [-0.4, -0.2) is 47.8 Å². The number of anilines is 2. The highest BCUT2D eigenvalue weighted by Gasteiger charge is 2.40. The predicted octanol–water partition coefficient (Wildman–Crippen LogP) is 10.2. The molecule has 0 bridgehead atoms. The summed E-state index contributed by atoms with van der Waals surface area (Å²) in [5.74, 6) is -2.34. The number of non-ortho nitro benzene ring substituents is 2. The molecule has 6 aromatic rings. The topological polar surface area (TPSA) is 180 Å². The molecule has 0 fully saturated rings. The maximum atomic E-state index is 13.5. The van der Waals surface area contributed by atoms with E-state index in [1.807, 2.05) is 121 Å². The van der Waals surface area contributed by atoms with E-state index >= 15 is 0 Å². The van der Waals surface area contributed by atoms with Crippen LogP contribution >= 0.6 is 0 Å². The third kappa shape index (κ3) is 10.7. The summed E-state index contributed by atoms with van der Waals surface area (Å²) in [7, 11) is 2.60. The number of ether oxygens (including phenoxy) is 2. The van der Waals surface area contributed by atoms with Crippen LogP contribution in [0.25, 0.3) is 11.1 Å². The molecule has 0 spiro atoms. The lowest BCUT2D eigenvalue weighted by molar-refractivity contribution is -0.385. The van der Waals surface area contributed by atoms with Gasteiger partial charge in [-0.05, 0) is 57.7 Å². The average molecular weight is 909 g/mol. The van der Waals surface area contributed by atoms with Crippen molar-refractivity contribution in [3.05, 3.63) is 249 Å². The maximum Gasteiger partial charge on any atom is 0.330 e. The van der Waals surface area contributed by atoms with Crippen LogP contribution in [0.2, 0.25) is 0 Å². The molecule has 4 atom stereocenters. The van der Waals surface area contributed by atoms with Crippen molar-refractivity contribution in [3.63, 3.8) is 0 Å². The van der Waals surface area contributed by atoms with Crippen LogP contribution in [0.15, 0.2) is 206 Å². The number of nitrogens with zero attached hydrogens (tertiary/aromatic N) is 4. The number of nitro groups is 2. The fourth-order valence-corrected chi connectivity index (χ4v) is 8.32. The van der Waals surface area contributed by atoms with Crippen molar-refractivity contribution in [2.45, 2.75) is 12.1 Å². The number of nitro benzene ring substituents is 2. The second-order valence-electron chi connectivity index (χ2n) is 15.4. The molecule has 68 heavy (non-hydrogen) atoms. The Hall–Kier alpha value is -9.04. The summed E-state index contributed by atoms with van der Waals surface area (Å²) in [6, 6.07) is 48.5. The smallest absolute Gasteiger partial charge is 0.330 e. The van der Waals surface area contributed by atoms with Gasteiger partial charge in [0.1, 0.15) is 0 Å². The first kappa shape index (κ1) is 46.9. The number of carbonyl (C=O) groups excluding carboxylic acids is 4.